The van der Waals surface area contributed by atoms with Crippen molar-refractivity contribution in [3.63, 3.8) is 0 Å². The van der Waals surface area contributed by atoms with Gasteiger partial charge in [-0.1, -0.05) is 52.3 Å². The molecule has 1 aromatic heterocycles. The Morgan fingerprint density at radius 3 is 2.30 bits per heavy atom. The molecule has 0 fully saturated rings. The molecule has 0 bridgehead atoms. The lowest BCUT2D eigenvalue weighted by Gasteiger charge is -2.27. The van der Waals surface area contributed by atoms with Gasteiger partial charge in [0.15, 0.2) is 0 Å². The van der Waals surface area contributed by atoms with Crippen LogP contribution in [0.3, 0.4) is 0 Å². The van der Waals surface area contributed by atoms with E-state index in [4.69, 9.17) is 4.42 Å². The van der Waals surface area contributed by atoms with E-state index in [0.29, 0.717) is 24.4 Å². The quantitative estimate of drug-likeness (QED) is 0.421. The van der Waals surface area contributed by atoms with Gasteiger partial charge in [-0.05, 0) is 42.0 Å². The van der Waals surface area contributed by atoms with Gasteiger partial charge in [-0.25, -0.2) is 0 Å². The molecule has 1 heterocycles. The van der Waals surface area contributed by atoms with Gasteiger partial charge < -0.3 is 14.2 Å². The first-order valence-electron chi connectivity index (χ1n) is 9.56. The van der Waals surface area contributed by atoms with Crippen molar-refractivity contribution in [1.82, 2.24) is 9.80 Å². The molecular formula is C24H23BrN2O3. The van der Waals surface area contributed by atoms with Gasteiger partial charge >= 0.3 is 0 Å². The average molecular weight is 467 g/mol. The van der Waals surface area contributed by atoms with Crippen LogP contribution in [0.15, 0.2) is 94.5 Å². The predicted octanol–water partition coefficient (Wildman–Crippen LogP) is 4.90. The minimum Gasteiger partial charge on any atom is -0.467 e. The number of hydrogen-bond acceptors (Lipinski definition) is 3. The molecule has 0 aliphatic rings. The number of halogens is 1. The van der Waals surface area contributed by atoms with Crippen LogP contribution in [-0.2, 0) is 17.9 Å². The lowest BCUT2D eigenvalue weighted by Crippen LogP contribution is -2.42. The smallest absolute Gasteiger partial charge is 0.254 e. The van der Waals surface area contributed by atoms with Crippen molar-refractivity contribution in [2.75, 3.05) is 13.1 Å². The number of amides is 2. The Labute approximate surface area is 184 Å². The Bertz CT molecular complexity index is 969. The van der Waals surface area contributed by atoms with Crippen molar-refractivity contribution >= 4 is 27.7 Å². The van der Waals surface area contributed by atoms with Crippen LogP contribution in [0.4, 0.5) is 0 Å². The highest BCUT2D eigenvalue weighted by molar-refractivity contribution is 9.10. The van der Waals surface area contributed by atoms with Gasteiger partial charge in [0.25, 0.3) is 5.91 Å². The highest BCUT2D eigenvalue weighted by Crippen LogP contribution is 2.15. The molecule has 0 unspecified atom stereocenters. The van der Waals surface area contributed by atoms with Crippen LogP contribution in [0, 0.1) is 0 Å². The summed E-state index contributed by atoms with van der Waals surface area (Å²) in [5.41, 5.74) is 1.53. The van der Waals surface area contributed by atoms with Gasteiger partial charge in [-0.3, -0.25) is 9.59 Å². The molecule has 154 valence electrons. The molecule has 0 atom stereocenters. The molecular weight excluding hydrogens is 444 g/mol. The number of rotatable bonds is 9. The fraction of sp³-hybridized carbons (Fsp3) is 0.167. The van der Waals surface area contributed by atoms with Gasteiger partial charge in [0.1, 0.15) is 12.3 Å². The Kier molecular flexibility index (Phi) is 7.63. The van der Waals surface area contributed by atoms with Gasteiger partial charge in [0, 0.05) is 23.1 Å². The topological polar surface area (TPSA) is 53.8 Å². The Morgan fingerprint density at radius 2 is 1.67 bits per heavy atom. The Hall–Kier alpha value is -3.12. The third-order valence-electron chi connectivity index (χ3n) is 4.55. The SMILES string of the molecule is C=CCN(CC(=O)N(Cc1ccccc1)Cc1ccco1)C(=O)c1ccc(Br)cc1. The summed E-state index contributed by atoms with van der Waals surface area (Å²) in [6.07, 6.45) is 3.21. The van der Waals surface area contributed by atoms with E-state index in [-0.39, 0.29) is 24.9 Å². The first-order chi connectivity index (χ1) is 14.6. The largest absolute Gasteiger partial charge is 0.467 e. The summed E-state index contributed by atoms with van der Waals surface area (Å²) in [4.78, 5) is 29.3. The summed E-state index contributed by atoms with van der Waals surface area (Å²) < 4.78 is 6.32. The van der Waals surface area contributed by atoms with E-state index in [9.17, 15) is 9.59 Å². The zero-order chi connectivity index (χ0) is 21.3. The fourth-order valence-corrected chi connectivity index (χ4v) is 3.30. The summed E-state index contributed by atoms with van der Waals surface area (Å²) in [5, 5.41) is 0. The molecule has 0 saturated carbocycles. The molecule has 0 aliphatic carbocycles. The predicted molar refractivity (Wildman–Crippen MR) is 120 cm³/mol. The first kappa shape index (κ1) is 21.6. The van der Waals surface area contributed by atoms with E-state index in [1.165, 1.54) is 4.90 Å². The minimum atomic E-state index is -0.214. The maximum atomic E-state index is 13.2. The van der Waals surface area contributed by atoms with Gasteiger partial charge in [-0.15, -0.1) is 6.58 Å². The van der Waals surface area contributed by atoms with E-state index < -0.39 is 0 Å². The van der Waals surface area contributed by atoms with Gasteiger partial charge in [0.05, 0.1) is 12.8 Å². The molecule has 0 saturated heterocycles. The van der Waals surface area contributed by atoms with Crippen LogP contribution in [0.1, 0.15) is 21.7 Å². The van der Waals surface area contributed by atoms with Crippen LogP contribution in [0.25, 0.3) is 0 Å². The second kappa shape index (κ2) is 10.6. The van der Waals surface area contributed by atoms with Gasteiger partial charge in [0.2, 0.25) is 5.91 Å². The van der Waals surface area contributed by atoms with Crippen molar-refractivity contribution < 1.29 is 14.0 Å². The standard InChI is InChI=1S/C24H23BrN2O3/c1-2-14-26(24(29)20-10-12-21(25)13-11-20)18-23(28)27(17-22-9-6-15-30-22)16-19-7-4-3-5-8-19/h2-13,15H,1,14,16-18H2. The second-order valence-electron chi connectivity index (χ2n) is 6.80. The maximum Gasteiger partial charge on any atom is 0.254 e. The van der Waals surface area contributed by atoms with E-state index >= 15 is 0 Å². The number of carbonyl (C=O) groups excluding carboxylic acids is 2. The number of benzene rings is 2. The van der Waals surface area contributed by atoms with E-state index in [2.05, 4.69) is 22.5 Å². The lowest BCUT2D eigenvalue weighted by molar-refractivity contribution is -0.133. The van der Waals surface area contributed by atoms with Crippen molar-refractivity contribution in [3.8, 4) is 0 Å². The summed E-state index contributed by atoms with van der Waals surface area (Å²) in [6, 6.07) is 20.5. The van der Waals surface area contributed by atoms with Crippen molar-refractivity contribution in [1.29, 1.82) is 0 Å². The molecule has 0 spiro atoms. The third-order valence-corrected chi connectivity index (χ3v) is 5.08. The Balaban J connectivity index is 1.77. The molecule has 3 rings (SSSR count). The van der Waals surface area contributed by atoms with Crippen LogP contribution < -0.4 is 0 Å². The number of nitrogens with zero attached hydrogens (tertiary/aromatic N) is 2. The first-order valence-corrected chi connectivity index (χ1v) is 10.4. The molecule has 2 aromatic carbocycles. The average Bonchev–Trinajstić information content (AvgIpc) is 3.27. The van der Waals surface area contributed by atoms with Crippen molar-refractivity contribution in [3.05, 3.63) is 107 Å². The summed E-state index contributed by atoms with van der Waals surface area (Å²) in [6.45, 7) is 4.72. The van der Waals surface area contributed by atoms with Crippen molar-refractivity contribution in [2.24, 2.45) is 0 Å². The number of furan rings is 1. The van der Waals surface area contributed by atoms with Crippen LogP contribution >= 0.6 is 15.9 Å². The fourth-order valence-electron chi connectivity index (χ4n) is 3.04. The molecule has 2 amide bonds. The second-order valence-corrected chi connectivity index (χ2v) is 7.71. The molecule has 6 heteroatoms. The molecule has 3 aromatic rings. The number of hydrogen-bond donors (Lipinski definition) is 0. The van der Waals surface area contributed by atoms with E-state index in [1.54, 1.807) is 47.6 Å². The Morgan fingerprint density at radius 1 is 0.933 bits per heavy atom. The molecule has 30 heavy (non-hydrogen) atoms. The summed E-state index contributed by atoms with van der Waals surface area (Å²) >= 11 is 3.37. The van der Waals surface area contributed by atoms with Crippen molar-refractivity contribution in [2.45, 2.75) is 13.1 Å². The van der Waals surface area contributed by atoms with Crippen LogP contribution in [0.2, 0.25) is 0 Å². The van der Waals surface area contributed by atoms with Crippen LogP contribution in [-0.4, -0.2) is 34.7 Å². The molecule has 5 nitrogen and oxygen atoms in total. The normalized spacial score (nSPS) is 10.4. The van der Waals surface area contributed by atoms with E-state index in [0.717, 1.165) is 10.0 Å². The zero-order valence-electron chi connectivity index (χ0n) is 16.5. The van der Waals surface area contributed by atoms with Crippen LogP contribution in [0.5, 0.6) is 0 Å². The minimum absolute atomic E-state index is 0.0472. The van der Waals surface area contributed by atoms with Gasteiger partial charge in [-0.2, -0.15) is 0 Å². The molecule has 0 radical (unpaired) electrons. The summed E-state index contributed by atoms with van der Waals surface area (Å²) in [5.74, 6) is 0.310. The highest BCUT2D eigenvalue weighted by Gasteiger charge is 2.22. The third kappa shape index (κ3) is 5.94. The van der Waals surface area contributed by atoms with E-state index in [1.807, 2.05) is 36.4 Å². The monoisotopic (exact) mass is 466 g/mol. The summed E-state index contributed by atoms with van der Waals surface area (Å²) in [7, 11) is 0. The maximum absolute atomic E-state index is 13.2. The molecule has 0 N–H and O–H groups in total. The zero-order valence-corrected chi connectivity index (χ0v) is 18.1. The lowest BCUT2D eigenvalue weighted by atomic mass is 10.2. The molecule has 0 aliphatic heterocycles. The number of carbonyl (C=O) groups is 2. The highest BCUT2D eigenvalue weighted by atomic mass is 79.9.